The van der Waals surface area contributed by atoms with Crippen molar-refractivity contribution in [3.63, 3.8) is 0 Å². The highest BCUT2D eigenvalue weighted by Crippen LogP contribution is 2.34. The summed E-state index contributed by atoms with van der Waals surface area (Å²) in [5.41, 5.74) is 1.55. The number of hydrogen-bond acceptors (Lipinski definition) is 2. The Labute approximate surface area is 102 Å². The molecule has 17 heavy (non-hydrogen) atoms. The third kappa shape index (κ3) is 2.67. The Morgan fingerprint density at radius 3 is 2.35 bits per heavy atom. The molecule has 0 aliphatic heterocycles. The highest BCUT2D eigenvalue weighted by atomic mass is 16.3. The first kappa shape index (κ1) is 12.1. The molecule has 1 aromatic carbocycles. The van der Waals surface area contributed by atoms with Gasteiger partial charge in [-0.2, -0.15) is 0 Å². The molecule has 0 aromatic heterocycles. The summed E-state index contributed by atoms with van der Waals surface area (Å²) in [5, 5.41) is 12.0. The number of rotatable bonds is 4. The molecule has 1 amide bonds. The SMILES string of the molecule is CC(C)c1ccc(C(=O)NC2(CO)CC2)cc1. The van der Waals surface area contributed by atoms with Gasteiger partial charge in [-0.3, -0.25) is 4.79 Å². The van der Waals surface area contributed by atoms with E-state index in [0.29, 0.717) is 11.5 Å². The molecule has 1 saturated carbocycles. The van der Waals surface area contributed by atoms with Crippen LogP contribution in [-0.4, -0.2) is 23.2 Å². The number of hydrogen-bond donors (Lipinski definition) is 2. The molecule has 0 unspecified atom stereocenters. The molecule has 0 bridgehead atoms. The normalized spacial score (nSPS) is 16.9. The van der Waals surface area contributed by atoms with E-state index in [2.05, 4.69) is 19.2 Å². The van der Waals surface area contributed by atoms with Crippen LogP contribution in [0.5, 0.6) is 0 Å². The number of carbonyl (C=O) groups is 1. The maximum Gasteiger partial charge on any atom is 0.251 e. The fourth-order valence-corrected chi connectivity index (χ4v) is 1.81. The number of aliphatic hydroxyl groups is 1. The second kappa shape index (κ2) is 4.49. The van der Waals surface area contributed by atoms with E-state index >= 15 is 0 Å². The van der Waals surface area contributed by atoms with Crippen molar-refractivity contribution in [2.45, 2.75) is 38.1 Å². The van der Waals surface area contributed by atoms with Gasteiger partial charge >= 0.3 is 0 Å². The molecule has 2 N–H and O–H groups in total. The second-order valence-electron chi connectivity index (χ2n) is 5.17. The van der Waals surface area contributed by atoms with E-state index in [-0.39, 0.29) is 18.1 Å². The van der Waals surface area contributed by atoms with Crippen LogP contribution in [0.3, 0.4) is 0 Å². The van der Waals surface area contributed by atoms with Gasteiger partial charge in [-0.25, -0.2) is 0 Å². The topological polar surface area (TPSA) is 49.3 Å². The highest BCUT2D eigenvalue weighted by Gasteiger charge is 2.43. The highest BCUT2D eigenvalue weighted by molar-refractivity contribution is 5.95. The number of amides is 1. The molecule has 2 rings (SSSR count). The van der Waals surface area contributed by atoms with Crippen LogP contribution in [0.4, 0.5) is 0 Å². The summed E-state index contributed by atoms with van der Waals surface area (Å²) < 4.78 is 0. The van der Waals surface area contributed by atoms with Crippen LogP contribution in [0.25, 0.3) is 0 Å². The van der Waals surface area contributed by atoms with E-state index < -0.39 is 0 Å². The second-order valence-corrected chi connectivity index (χ2v) is 5.17. The molecule has 0 saturated heterocycles. The quantitative estimate of drug-likeness (QED) is 0.836. The minimum atomic E-state index is -0.339. The Kier molecular flexibility index (Phi) is 3.20. The predicted molar refractivity (Wildman–Crippen MR) is 67.0 cm³/mol. The number of carbonyl (C=O) groups excluding carboxylic acids is 1. The molecule has 1 aliphatic carbocycles. The van der Waals surface area contributed by atoms with Crippen molar-refractivity contribution in [3.05, 3.63) is 35.4 Å². The zero-order chi connectivity index (χ0) is 12.5. The lowest BCUT2D eigenvalue weighted by Crippen LogP contribution is -2.39. The Morgan fingerprint density at radius 2 is 1.94 bits per heavy atom. The average molecular weight is 233 g/mol. The standard InChI is InChI=1S/C14H19NO2/c1-10(2)11-3-5-12(6-4-11)13(17)15-14(9-16)7-8-14/h3-6,10,16H,7-9H2,1-2H3,(H,15,17). The van der Waals surface area contributed by atoms with Crippen LogP contribution in [0.15, 0.2) is 24.3 Å². The first-order valence-corrected chi connectivity index (χ1v) is 6.10. The Balaban J connectivity index is 2.04. The van der Waals surface area contributed by atoms with Gasteiger partial charge in [0.15, 0.2) is 0 Å². The maximum absolute atomic E-state index is 11.9. The number of aliphatic hydroxyl groups excluding tert-OH is 1. The average Bonchev–Trinajstić information content (AvgIpc) is 3.09. The van der Waals surface area contributed by atoms with Gasteiger partial charge in [0.25, 0.3) is 5.91 Å². The number of benzene rings is 1. The Bertz CT molecular complexity index is 405. The fourth-order valence-electron chi connectivity index (χ4n) is 1.81. The van der Waals surface area contributed by atoms with Gasteiger partial charge < -0.3 is 10.4 Å². The van der Waals surface area contributed by atoms with E-state index in [1.54, 1.807) is 0 Å². The van der Waals surface area contributed by atoms with Crippen molar-refractivity contribution >= 4 is 5.91 Å². The van der Waals surface area contributed by atoms with Gasteiger partial charge in [0.1, 0.15) is 0 Å². The van der Waals surface area contributed by atoms with Crippen molar-refractivity contribution in [2.75, 3.05) is 6.61 Å². The lowest BCUT2D eigenvalue weighted by molar-refractivity contribution is 0.0907. The summed E-state index contributed by atoms with van der Waals surface area (Å²) in [6.45, 7) is 4.28. The van der Waals surface area contributed by atoms with E-state index in [4.69, 9.17) is 5.11 Å². The summed E-state index contributed by atoms with van der Waals surface area (Å²) in [6, 6.07) is 7.66. The van der Waals surface area contributed by atoms with Crippen molar-refractivity contribution in [3.8, 4) is 0 Å². The molecule has 1 fully saturated rings. The molecule has 92 valence electrons. The first-order chi connectivity index (χ1) is 8.06. The Morgan fingerprint density at radius 1 is 1.35 bits per heavy atom. The van der Waals surface area contributed by atoms with Gasteiger partial charge in [0, 0.05) is 5.56 Å². The molecular weight excluding hydrogens is 214 g/mol. The summed E-state index contributed by atoms with van der Waals surface area (Å²) >= 11 is 0. The minimum Gasteiger partial charge on any atom is -0.394 e. The van der Waals surface area contributed by atoms with E-state index in [1.165, 1.54) is 5.56 Å². The van der Waals surface area contributed by atoms with E-state index in [1.807, 2.05) is 24.3 Å². The van der Waals surface area contributed by atoms with Crippen LogP contribution in [0, 0.1) is 0 Å². The summed E-state index contributed by atoms with van der Waals surface area (Å²) in [6.07, 6.45) is 1.75. The zero-order valence-electron chi connectivity index (χ0n) is 10.4. The van der Waals surface area contributed by atoms with Crippen molar-refractivity contribution in [1.82, 2.24) is 5.32 Å². The zero-order valence-corrected chi connectivity index (χ0v) is 10.4. The molecule has 3 heteroatoms. The maximum atomic E-state index is 11.9. The molecule has 0 spiro atoms. The molecule has 0 heterocycles. The molecule has 1 aromatic rings. The minimum absolute atomic E-state index is 0.0306. The molecule has 3 nitrogen and oxygen atoms in total. The van der Waals surface area contributed by atoms with Gasteiger partial charge in [0.2, 0.25) is 0 Å². The molecule has 0 radical (unpaired) electrons. The van der Waals surface area contributed by atoms with E-state index in [0.717, 1.165) is 12.8 Å². The van der Waals surface area contributed by atoms with Crippen LogP contribution in [-0.2, 0) is 0 Å². The van der Waals surface area contributed by atoms with Gasteiger partial charge in [-0.1, -0.05) is 26.0 Å². The number of nitrogens with one attached hydrogen (secondary N) is 1. The Hall–Kier alpha value is -1.35. The van der Waals surface area contributed by atoms with Crippen LogP contribution >= 0.6 is 0 Å². The lowest BCUT2D eigenvalue weighted by Gasteiger charge is -2.14. The first-order valence-electron chi connectivity index (χ1n) is 6.10. The van der Waals surface area contributed by atoms with Crippen molar-refractivity contribution in [2.24, 2.45) is 0 Å². The van der Waals surface area contributed by atoms with Gasteiger partial charge in [-0.15, -0.1) is 0 Å². The third-order valence-corrected chi connectivity index (χ3v) is 3.37. The molecular formula is C14H19NO2. The van der Waals surface area contributed by atoms with E-state index in [9.17, 15) is 4.79 Å². The van der Waals surface area contributed by atoms with Crippen molar-refractivity contribution in [1.29, 1.82) is 0 Å². The van der Waals surface area contributed by atoms with Crippen LogP contribution < -0.4 is 5.32 Å². The third-order valence-electron chi connectivity index (χ3n) is 3.37. The van der Waals surface area contributed by atoms with Crippen LogP contribution in [0.1, 0.15) is 48.5 Å². The van der Waals surface area contributed by atoms with Crippen molar-refractivity contribution < 1.29 is 9.90 Å². The lowest BCUT2D eigenvalue weighted by atomic mass is 10.0. The fraction of sp³-hybridized carbons (Fsp3) is 0.500. The monoisotopic (exact) mass is 233 g/mol. The summed E-state index contributed by atoms with van der Waals surface area (Å²) in [4.78, 5) is 11.9. The summed E-state index contributed by atoms with van der Waals surface area (Å²) in [7, 11) is 0. The largest absolute Gasteiger partial charge is 0.394 e. The van der Waals surface area contributed by atoms with Gasteiger partial charge in [-0.05, 0) is 36.5 Å². The summed E-state index contributed by atoms with van der Waals surface area (Å²) in [5.74, 6) is 0.381. The molecule has 1 aliphatic rings. The van der Waals surface area contributed by atoms with Gasteiger partial charge in [0.05, 0.1) is 12.1 Å². The molecule has 0 atom stereocenters. The smallest absolute Gasteiger partial charge is 0.251 e. The van der Waals surface area contributed by atoms with Crippen LogP contribution in [0.2, 0.25) is 0 Å². The predicted octanol–water partition coefficient (Wildman–Crippen LogP) is 2.06.